The third kappa shape index (κ3) is 2.17. The minimum absolute atomic E-state index is 0.339. The molecule has 118 valence electrons. The van der Waals surface area contributed by atoms with Crippen molar-refractivity contribution in [1.29, 1.82) is 0 Å². The second-order valence-electron chi connectivity index (χ2n) is 6.41. The molecular weight excluding hydrogens is 304 g/mol. The average molecular weight is 320 g/mol. The number of rotatable bonds is 2. The van der Waals surface area contributed by atoms with Crippen molar-refractivity contribution in [2.75, 3.05) is 0 Å². The van der Waals surface area contributed by atoms with Crippen LogP contribution in [0.5, 0.6) is 5.75 Å². The van der Waals surface area contributed by atoms with Gasteiger partial charge in [-0.2, -0.15) is 0 Å². The molecule has 25 heavy (non-hydrogen) atoms. The van der Waals surface area contributed by atoms with Crippen LogP contribution in [0.1, 0.15) is 11.1 Å². The largest absolute Gasteiger partial charge is 0.507 e. The minimum Gasteiger partial charge on any atom is -0.507 e. The molecule has 0 spiro atoms. The third-order valence-corrected chi connectivity index (χ3v) is 4.91. The van der Waals surface area contributed by atoms with Gasteiger partial charge in [0.05, 0.1) is 0 Å². The van der Waals surface area contributed by atoms with E-state index in [1.165, 1.54) is 10.8 Å². The monoisotopic (exact) mass is 320 g/mol. The molecule has 0 aromatic heterocycles. The summed E-state index contributed by atoms with van der Waals surface area (Å²) < 4.78 is 0. The summed E-state index contributed by atoms with van der Waals surface area (Å²) in [4.78, 5) is 0. The Labute approximate surface area is 145 Å². The summed E-state index contributed by atoms with van der Waals surface area (Å²) in [6.45, 7) is 0. The van der Waals surface area contributed by atoms with Gasteiger partial charge in [0.2, 0.25) is 0 Å². The summed E-state index contributed by atoms with van der Waals surface area (Å²) in [7, 11) is 0. The molecule has 0 aliphatic heterocycles. The predicted octanol–water partition coefficient (Wildman–Crippen LogP) is 6.46. The maximum Gasteiger partial charge on any atom is 0.124 e. The molecule has 0 unspecified atom stereocenters. The number of aromatic hydroxyl groups is 1. The Bertz CT molecular complexity index is 1230. The number of phenolic OH excluding ortho intramolecular Hbond substituents is 1. The van der Waals surface area contributed by atoms with Gasteiger partial charge in [0, 0.05) is 10.8 Å². The van der Waals surface area contributed by atoms with Gasteiger partial charge in [-0.15, -0.1) is 0 Å². The fraction of sp³-hybridized carbons (Fsp3) is 0. The molecule has 0 amide bonds. The predicted molar refractivity (Wildman–Crippen MR) is 107 cm³/mol. The first kappa shape index (κ1) is 14.1. The maximum absolute atomic E-state index is 10.6. The van der Waals surface area contributed by atoms with E-state index in [2.05, 4.69) is 54.6 Å². The molecule has 0 heterocycles. The number of phenols is 1. The van der Waals surface area contributed by atoms with Crippen molar-refractivity contribution in [3.63, 3.8) is 0 Å². The highest BCUT2D eigenvalue weighted by atomic mass is 16.3. The molecule has 5 aromatic rings. The van der Waals surface area contributed by atoms with Crippen molar-refractivity contribution in [3.05, 3.63) is 90.0 Å². The van der Waals surface area contributed by atoms with E-state index in [-0.39, 0.29) is 0 Å². The van der Waals surface area contributed by atoms with Crippen molar-refractivity contribution >= 4 is 44.5 Å². The lowest BCUT2D eigenvalue weighted by molar-refractivity contribution is 0.482. The number of benzene rings is 5. The van der Waals surface area contributed by atoms with E-state index in [4.69, 9.17) is 0 Å². The van der Waals surface area contributed by atoms with Crippen LogP contribution in [0.2, 0.25) is 0 Å². The molecule has 5 rings (SSSR count). The van der Waals surface area contributed by atoms with E-state index in [0.29, 0.717) is 5.75 Å². The van der Waals surface area contributed by atoms with Crippen molar-refractivity contribution in [3.8, 4) is 5.75 Å². The first-order chi connectivity index (χ1) is 12.3. The minimum atomic E-state index is 0.339. The first-order valence-corrected chi connectivity index (χ1v) is 8.44. The van der Waals surface area contributed by atoms with Gasteiger partial charge in [0.15, 0.2) is 0 Å². The van der Waals surface area contributed by atoms with E-state index >= 15 is 0 Å². The highest BCUT2D eigenvalue weighted by Gasteiger charge is 2.12. The Balaban J connectivity index is 1.83. The molecule has 0 radical (unpaired) electrons. The Morgan fingerprint density at radius 1 is 0.600 bits per heavy atom. The molecule has 1 N–H and O–H groups in total. The molecule has 0 fully saturated rings. The molecule has 0 saturated heterocycles. The lowest BCUT2D eigenvalue weighted by atomic mass is 9.91. The lowest BCUT2D eigenvalue weighted by Crippen LogP contribution is -1.87. The third-order valence-electron chi connectivity index (χ3n) is 4.91. The second kappa shape index (κ2) is 5.35. The summed E-state index contributed by atoms with van der Waals surface area (Å²) in [6, 6.07) is 26.8. The van der Waals surface area contributed by atoms with Gasteiger partial charge < -0.3 is 5.11 Å². The molecule has 0 aliphatic rings. The van der Waals surface area contributed by atoms with Crippen molar-refractivity contribution < 1.29 is 5.11 Å². The van der Waals surface area contributed by atoms with Gasteiger partial charge in [-0.25, -0.2) is 0 Å². The summed E-state index contributed by atoms with van der Waals surface area (Å²) in [6.07, 6.45) is 4.24. The average Bonchev–Trinajstić information content (AvgIpc) is 2.66. The summed E-state index contributed by atoms with van der Waals surface area (Å²) in [5.41, 5.74) is 2.28. The van der Waals surface area contributed by atoms with Crippen LogP contribution in [-0.4, -0.2) is 5.11 Å². The maximum atomic E-state index is 10.6. The van der Waals surface area contributed by atoms with E-state index in [1.807, 2.05) is 36.4 Å². The molecular formula is C24H16O. The topological polar surface area (TPSA) is 20.2 Å². The van der Waals surface area contributed by atoms with E-state index in [9.17, 15) is 5.11 Å². The highest BCUT2D eigenvalue weighted by molar-refractivity contribution is 6.25. The van der Waals surface area contributed by atoms with E-state index < -0.39 is 0 Å². The van der Waals surface area contributed by atoms with Gasteiger partial charge in [0.1, 0.15) is 5.75 Å². The quantitative estimate of drug-likeness (QED) is 0.292. The lowest BCUT2D eigenvalue weighted by Gasteiger charge is -2.13. The van der Waals surface area contributed by atoms with Crippen LogP contribution < -0.4 is 0 Å². The molecule has 0 atom stereocenters. The van der Waals surface area contributed by atoms with E-state index in [0.717, 1.165) is 32.7 Å². The number of hydrogen-bond donors (Lipinski definition) is 1. The van der Waals surface area contributed by atoms with Gasteiger partial charge in [0.25, 0.3) is 0 Å². The Hall–Kier alpha value is -3.32. The smallest absolute Gasteiger partial charge is 0.124 e. The first-order valence-electron chi connectivity index (χ1n) is 8.44. The fourth-order valence-electron chi connectivity index (χ4n) is 3.72. The van der Waals surface area contributed by atoms with Gasteiger partial charge >= 0.3 is 0 Å². The zero-order chi connectivity index (χ0) is 16.8. The van der Waals surface area contributed by atoms with Crippen LogP contribution >= 0.6 is 0 Å². The molecule has 5 aromatic carbocycles. The number of hydrogen-bond acceptors (Lipinski definition) is 1. The van der Waals surface area contributed by atoms with Crippen LogP contribution in [0.4, 0.5) is 0 Å². The Morgan fingerprint density at radius 2 is 1.32 bits per heavy atom. The van der Waals surface area contributed by atoms with Crippen LogP contribution in [0.15, 0.2) is 78.9 Å². The van der Waals surface area contributed by atoms with Crippen LogP contribution in [0.3, 0.4) is 0 Å². The van der Waals surface area contributed by atoms with Gasteiger partial charge in [-0.3, -0.25) is 0 Å². The standard InChI is InChI=1S/C24H16O/c25-22-15-21-17(10-9-16-5-2-1-3-6-16)11-12-19-14-13-18-7-4-8-20(22)23(18)24(19)21/h1-15,25H. The van der Waals surface area contributed by atoms with Gasteiger partial charge in [-0.1, -0.05) is 84.9 Å². The summed E-state index contributed by atoms with van der Waals surface area (Å²) in [5, 5.41) is 17.3. The van der Waals surface area contributed by atoms with Crippen molar-refractivity contribution in [1.82, 2.24) is 0 Å². The highest BCUT2D eigenvalue weighted by Crippen LogP contribution is 2.40. The summed E-state index contributed by atoms with van der Waals surface area (Å²) >= 11 is 0. The molecule has 0 bridgehead atoms. The van der Waals surface area contributed by atoms with Gasteiger partial charge in [-0.05, 0) is 38.7 Å². The van der Waals surface area contributed by atoms with Crippen LogP contribution in [0, 0.1) is 0 Å². The SMILES string of the molecule is Oc1cc2c(C=Cc3ccccc3)ccc3ccc4cccc1c4c32. The Morgan fingerprint density at radius 3 is 2.16 bits per heavy atom. The van der Waals surface area contributed by atoms with Crippen molar-refractivity contribution in [2.24, 2.45) is 0 Å². The Kier molecular flexibility index (Phi) is 3.01. The second-order valence-corrected chi connectivity index (χ2v) is 6.41. The zero-order valence-corrected chi connectivity index (χ0v) is 13.6. The fourth-order valence-corrected chi connectivity index (χ4v) is 3.72. The molecule has 1 nitrogen and oxygen atoms in total. The molecule has 0 saturated carbocycles. The normalized spacial score (nSPS) is 12.0. The van der Waals surface area contributed by atoms with Crippen molar-refractivity contribution in [2.45, 2.75) is 0 Å². The zero-order valence-electron chi connectivity index (χ0n) is 13.6. The van der Waals surface area contributed by atoms with Crippen LogP contribution in [0.25, 0.3) is 44.5 Å². The summed E-state index contributed by atoms with van der Waals surface area (Å²) in [5.74, 6) is 0.339. The van der Waals surface area contributed by atoms with Crippen LogP contribution in [-0.2, 0) is 0 Å². The molecule has 1 heteroatoms. The van der Waals surface area contributed by atoms with E-state index in [1.54, 1.807) is 0 Å². The molecule has 0 aliphatic carbocycles.